The maximum atomic E-state index is 12.8. The molecule has 7 N–H and O–H groups in total. The van der Waals surface area contributed by atoms with Gasteiger partial charge in [-0.1, -0.05) is 23.4 Å². The van der Waals surface area contributed by atoms with Crippen LogP contribution in [0.2, 0.25) is 0 Å². The first-order valence-corrected chi connectivity index (χ1v) is 14.1. The van der Waals surface area contributed by atoms with Crippen molar-refractivity contribution in [3.63, 3.8) is 0 Å². The van der Waals surface area contributed by atoms with Crippen molar-refractivity contribution in [3.8, 4) is 11.3 Å². The summed E-state index contributed by atoms with van der Waals surface area (Å²) in [5.41, 5.74) is 2.34. The number of aromatic nitrogens is 3. The topological polar surface area (TPSA) is 228 Å². The number of para-hydroxylation sites is 1. The minimum atomic E-state index is -1.79. The number of ether oxygens (including phenoxy) is 1. The molecule has 0 spiro atoms. The van der Waals surface area contributed by atoms with Crippen LogP contribution in [0.3, 0.4) is 0 Å². The third-order valence-corrected chi connectivity index (χ3v) is 7.15. The Morgan fingerprint density at radius 1 is 1.07 bits per heavy atom. The molecule has 0 radical (unpaired) electrons. The number of amides is 3. The summed E-state index contributed by atoms with van der Waals surface area (Å²) in [6.45, 7) is 0.0321. The van der Waals surface area contributed by atoms with E-state index in [9.17, 15) is 39.6 Å². The molecular weight excluding hydrogens is 602 g/mol. The van der Waals surface area contributed by atoms with E-state index < -0.39 is 66.5 Å². The molecule has 16 nitrogen and oxygen atoms in total. The van der Waals surface area contributed by atoms with Crippen molar-refractivity contribution in [3.05, 3.63) is 72.1 Å². The summed E-state index contributed by atoms with van der Waals surface area (Å²) in [7, 11) is 3.76. The maximum Gasteiger partial charge on any atom is 0.370 e. The highest BCUT2D eigenvalue weighted by atomic mass is 16.5. The summed E-state index contributed by atoms with van der Waals surface area (Å²) in [4.78, 5) is 51.2. The molecule has 4 rings (SSSR count). The van der Waals surface area contributed by atoms with Crippen LogP contribution in [0.15, 0.2) is 66.6 Å². The minimum Gasteiger partial charge on any atom is -0.478 e. The Hall–Kier alpha value is -5.32. The summed E-state index contributed by atoms with van der Waals surface area (Å²) in [6, 6.07) is 11.3. The molecule has 16 heteroatoms. The first-order chi connectivity index (χ1) is 21.9. The van der Waals surface area contributed by atoms with Gasteiger partial charge in [0, 0.05) is 37.8 Å². The molecule has 1 aliphatic rings. The van der Waals surface area contributed by atoms with Gasteiger partial charge >= 0.3 is 5.97 Å². The van der Waals surface area contributed by atoms with E-state index in [-0.39, 0.29) is 12.2 Å². The van der Waals surface area contributed by atoms with Gasteiger partial charge in [-0.25, -0.2) is 9.48 Å². The quantitative estimate of drug-likeness (QED) is 0.133. The fourth-order valence-corrected chi connectivity index (χ4v) is 4.82. The highest BCUT2D eigenvalue weighted by molar-refractivity contribution is 6.01. The van der Waals surface area contributed by atoms with Gasteiger partial charge in [0.1, 0.15) is 24.0 Å². The molecule has 3 aromatic rings. The monoisotopic (exact) mass is 637 g/mol. The van der Waals surface area contributed by atoms with Crippen molar-refractivity contribution in [2.24, 2.45) is 0 Å². The van der Waals surface area contributed by atoms with Crippen LogP contribution in [0.1, 0.15) is 23.3 Å². The van der Waals surface area contributed by atoms with Crippen molar-refractivity contribution >= 4 is 35.1 Å². The van der Waals surface area contributed by atoms with E-state index in [2.05, 4.69) is 26.3 Å². The number of rotatable bonds is 12. The smallest absolute Gasteiger partial charge is 0.370 e. The van der Waals surface area contributed by atoms with Gasteiger partial charge in [-0.3, -0.25) is 14.4 Å². The number of aliphatic carboxylic acids is 1. The third-order valence-electron chi connectivity index (χ3n) is 7.15. The number of nitrogens with zero attached hydrogens (tertiary/aromatic N) is 4. The van der Waals surface area contributed by atoms with Gasteiger partial charge < -0.3 is 46.0 Å². The summed E-state index contributed by atoms with van der Waals surface area (Å²) in [5, 5.41) is 55.9. The Labute approximate surface area is 263 Å². The normalized spacial score (nSPS) is 18.7. The molecular formula is C30H35N7O9. The van der Waals surface area contributed by atoms with E-state index in [4.69, 9.17) is 4.74 Å². The molecule has 46 heavy (non-hydrogen) atoms. The van der Waals surface area contributed by atoms with Crippen LogP contribution in [0.4, 0.5) is 11.4 Å². The average molecular weight is 638 g/mol. The van der Waals surface area contributed by atoms with Gasteiger partial charge in [0.15, 0.2) is 0 Å². The van der Waals surface area contributed by atoms with E-state index in [1.54, 1.807) is 48.5 Å². The number of aliphatic hydroxyl groups excluding tert-OH is 3. The lowest BCUT2D eigenvalue weighted by Gasteiger charge is -2.39. The zero-order valence-electron chi connectivity index (χ0n) is 25.2. The molecule has 244 valence electrons. The molecule has 0 fully saturated rings. The number of carbonyl (C=O) groups is 4. The van der Waals surface area contributed by atoms with E-state index in [1.807, 2.05) is 19.0 Å². The van der Waals surface area contributed by atoms with Gasteiger partial charge in [-0.05, 0) is 36.4 Å². The SMILES string of the molecule is CC(=O)N[C@H]1[C@H]([C@H](O)[C@H](O)CO)OC(C(=O)O)=C[C@@H]1n1cc(-c2ccccc2NC(=O)CNC(=O)c2ccc(N(C)C)cc2)nn1. The van der Waals surface area contributed by atoms with Gasteiger partial charge in [0.2, 0.25) is 17.6 Å². The van der Waals surface area contributed by atoms with E-state index in [1.165, 1.54) is 23.9 Å². The van der Waals surface area contributed by atoms with Gasteiger partial charge in [-0.15, -0.1) is 5.10 Å². The lowest BCUT2D eigenvalue weighted by molar-refractivity contribution is -0.147. The second-order valence-corrected chi connectivity index (χ2v) is 10.7. The fourth-order valence-electron chi connectivity index (χ4n) is 4.82. The van der Waals surface area contributed by atoms with Crippen molar-refractivity contribution in [2.45, 2.75) is 37.3 Å². The number of anilines is 2. The predicted molar refractivity (Wildman–Crippen MR) is 164 cm³/mol. The molecule has 0 aliphatic carbocycles. The van der Waals surface area contributed by atoms with Crippen LogP contribution in [-0.2, 0) is 19.1 Å². The van der Waals surface area contributed by atoms with Gasteiger partial charge in [0.25, 0.3) is 5.91 Å². The summed E-state index contributed by atoms with van der Waals surface area (Å²) >= 11 is 0. The Morgan fingerprint density at radius 2 is 1.76 bits per heavy atom. The number of carboxylic acids is 1. The molecule has 0 saturated heterocycles. The average Bonchev–Trinajstić information content (AvgIpc) is 3.53. The van der Waals surface area contributed by atoms with Crippen molar-refractivity contribution in [1.82, 2.24) is 25.6 Å². The highest BCUT2D eigenvalue weighted by Crippen LogP contribution is 2.32. The molecule has 1 aliphatic heterocycles. The summed E-state index contributed by atoms with van der Waals surface area (Å²) in [6.07, 6.45) is -2.38. The standard InChI is InChI=1S/C30H35N7O9/c1-16(39)32-26-22(12-24(30(44)45)46-28(26)27(42)23(40)15-38)37-14-21(34-35-37)19-6-4-5-7-20(19)33-25(41)13-31-29(43)17-8-10-18(11-9-17)36(2)3/h4-12,14,22-23,26-28,38,40,42H,13,15H2,1-3H3,(H,31,43)(H,32,39)(H,33,41)(H,44,45)/t22-,23+,26+,27+,28+/m0/s1. The number of nitrogens with one attached hydrogen (secondary N) is 3. The first kappa shape index (κ1) is 33.6. The predicted octanol–water partition coefficient (Wildman–Crippen LogP) is -0.493. The molecule has 2 aromatic carbocycles. The Bertz CT molecular complexity index is 1610. The first-order valence-electron chi connectivity index (χ1n) is 14.1. The van der Waals surface area contributed by atoms with Gasteiger partial charge in [0.05, 0.1) is 37.1 Å². The number of carbonyl (C=O) groups excluding carboxylic acids is 3. The number of benzene rings is 2. The molecule has 2 heterocycles. The fraction of sp³-hybridized carbons (Fsp3) is 0.333. The highest BCUT2D eigenvalue weighted by Gasteiger charge is 2.44. The lowest BCUT2D eigenvalue weighted by atomic mass is 9.92. The Kier molecular flexibility index (Phi) is 10.7. The molecule has 5 atom stereocenters. The second-order valence-electron chi connectivity index (χ2n) is 10.7. The second kappa shape index (κ2) is 14.6. The van der Waals surface area contributed by atoms with Crippen LogP contribution >= 0.6 is 0 Å². The molecule has 3 amide bonds. The number of hydrogen-bond donors (Lipinski definition) is 7. The van der Waals surface area contributed by atoms with Crippen LogP contribution < -0.4 is 20.9 Å². The van der Waals surface area contributed by atoms with Crippen LogP contribution in [-0.4, -0.2) is 111 Å². The van der Waals surface area contributed by atoms with Crippen molar-refractivity contribution in [2.75, 3.05) is 37.5 Å². The lowest BCUT2D eigenvalue weighted by Crippen LogP contribution is -2.58. The largest absolute Gasteiger partial charge is 0.478 e. The van der Waals surface area contributed by atoms with Crippen LogP contribution in [0.5, 0.6) is 0 Å². The van der Waals surface area contributed by atoms with E-state index >= 15 is 0 Å². The number of aliphatic hydroxyl groups is 3. The van der Waals surface area contributed by atoms with Crippen LogP contribution in [0.25, 0.3) is 11.3 Å². The minimum absolute atomic E-state index is 0.256. The van der Waals surface area contributed by atoms with E-state index in [0.717, 1.165) is 5.69 Å². The van der Waals surface area contributed by atoms with Gasteiger partial charge in [-0.2, -0.15) is 0 Å². The Morgan fingerprint density at radius 3 is 2.39 bits per heavy atom. The number of carboxylic acid groups (broad SMARTS) is 1. The maximum absolute atomic E-state index is 12.8. The molecule has 0 saturated carbocycles. The zero-order chi connectivity index (χ0) is 33.5. The third kappa shape index (κ3) is 7.84. The van der Waals surface area contributed by atoms with E-state index in [0.29, 0.717) is 16.8 Å². The Balaban J connectivity index is 1.55. The number of hydrogen-bond acceptors (Lipinski definition) is 11. The zero-order valence-corrected chi connectivity index (χ0v) is 25.2. The summed E-state index contributed by atoms with van der Waals surface area (Å²) < 4.78 is 6.66. The molecule has 1 aromatic heterocycles. The molecule has 0 bridgehead atoms. The summed E-state index contributed by atoms with van der Waals surface area (Å²) in [5.74, 6) is -3.55. The molecule has 0 unspecified atom stereocenters. The van der Waals surface area contributed by atoms with Crippen LogP contribution in [0, 0.1) is 0 Å². The van der Waals surface area contributed by atoms with Crippen molar-refractivity contribution in [1.29, 1.82) is 0 Å². The van der Waals surface area contributed by atoms with Crippen molar-refractivity contribution < 1.29 is 44.3 Å².